The van der Waals surface area contributed by atoms with Crippen molar-refractivity contribution >= 4 is 32.5 Å². The van der Waals surface area contributed by atoms with Crippen molar-refractivity contribution in [3.05, 3.63) is 35.5 Å². The minimum Gasteiger partial charge on any atom is -0.284 e. The van der Waals surface area contributed by atoms with Gasteiger partial charge in [0.25, 0.3) is 10.0 Å². The maximum atomic E-state index is 12.5. The number of halogens is 1. The summed E-state index contributed by atoms with van der Waals surface area (Å²) in [6.45, 7) is 0.823. The number of pyridine rings is 1. The van der Waals surface area contributed by atoms with E-state index in [9.17, 15) is 8.42 Å². The molecule has 0 aliphatic carbocycles. The lowest BCUT2D eigenvalue weighted by Gasteiger charge is -2.25. The average Bonchev–Trinajstić information content (AvgIpc) is 2.47. The van der Waals surface area contributed by atoms with Crippen molar-refractivity contribution in [3.8, 4) is 0 Å². The predicted molar refractivity (Wildman–Crippen MR) is 75.8 cm³/mol. The third kappa shape index (κ3) is 2.52. The molecule has 5 nitrogen and oxygen atoms in total. The summed E-state index contributed by atoms with van der Waals surface area (Å²) in [5.74, 6) is 0. The van der Waals surface area contributed by atoms with Gasteiger partial charge < -0.3 is 0 Å². The van der Waals surface area contributed by atoms with Crippen LogP contribution >= 0.6 is 11.6 Å². The number of hydroxylamine groups is 1. The minimum absolute atomic E-state index is 0.205. The van der Waals surface area contributed by atoms with E-state index in [1.807, 2.05) is 0 Å². The van der Waals surface area contributed by atoms with E-state index >= 15 is 0 Å². The Labute approximate surface area is 122 Å². The van der Waals surface area contributed by atoms with Crippen LogP contribution in [0.3, 0.4) is 0 Å². The summed E-state index contributed by atoms with van der Waals surface area (Å²) >= 11 is 5.81. The molecule has 20 heavy (non-hydrogen) atoms. The zero-order valence-corrected chi connectivity index (χ0v) is 12.2. The van der Waals surface area contributed by atoms with E-state index in [1.165, 1.54) is 6.07 Å². The zero-order valence-electron chi connectivity index (χ0n) is 10.6. The number of fused-ring (bicyclic) bond motifs is 1. The molecule has 0 unspecified atom stereocenters. The van der Waals surface area contributed by atoms with E-state index in [4.69, 9.17) is 16.4 Å². The van der Waals surface area contributed by atoms with Crippen LogP contribution in [0.25, 0.3) is 10.9 Å². The van der Waals surface area contributed by atoms with Crippen molar-refractivity contribution in [1.82, 2.24) is 9.45 Å². The van der Waals surface area contributed by atoms with Gasteiger partial charge in [-0.2, -0.15) is 0 Å². The molecule has 0 spiro atoms. The number of hydrogen-bond acceptors (Lipinski definition) is 4. The highest BCUT2D eigenvalue weighted by Gasteiger charge is 2.27. The van der Waals surface area contributed by atoms with Crippen LogP contribution in [0.5, 0.6) is 0 Å². The van der Waals surface area contributed by atoms with Gasteiger partial charge in [-0.05, 0) is 43.2 Å². The van der Waals surface area contributed by atoms with Gasteiger partial charge in [0.1, 0.15) is 5.15 Å². The highest BCUT2D eigenvalue weighted by Crippen LogP contribution is 2.24. The summed E-state index contributed by atoms with van der Waals surface area (Å²) in [4.78, 5) is 9.58. The number of rotatable bonds is 2. The molecule has 7 heteroatoms. The second-order valence-electron chi connectivity index (χ2n) is 4.56. The number of sulfonamides is 1. The Morgan fingerprint density at radius 2 is 2.05 bits per heavy atom. The summed E-state index contributed by atoms with van der Waals surface area (Å²) < 4.78 is 26.0. The fraction of sp³-hybridized carbons (Fsp3) is 0.308. The topological polar surface area (TPSA) is 59.5 Å². The van der Waals surface area contributed by atoms with Crippen LogP contribution in [0.15, 0.2) is 35.2 Å². The average molecular weight is 313 g/mol. The molecule has 1 saturated heterocycles. The number of nitrogens with zero attached hydrogens (tertiary/aromatic N) is 2. The van der Waals surface area contributed by atoms with Crippen molar-refractivity contribution in [1.29, 1.82) is 0 Å². The fourth-order valence-electron chi connectivity index (χ4n) is 2.12. The first-order valence-electron chi connectivity index (χ1n) is 6.29. The van der Waals surface area contributed by atoms with E-state index < -0.39 is 10.0 Å². The molecule has 1 aromatic carbocycles. The van der Waals surface area contributed by atoms with Crippen LogP contribution in [0.4, 0.5) is 0 Å². The van der Waals surface area contributed by atoms with Gasteiger partial charge in [0.05, 0.1) is 17.0 Å². The zero-order chi connectivity index (χ0) is 14.2. The molecule has 0 saturated carbocycles. The molecule has 1 aliphatic heterocycles. The number of benzene rings is 1. The van der Waals surface area contributed by atoms with E-state index in [1.54, 1.807) is 24.3 Å². The van der Waals surface area contributed by atoms with Crippen molar-refractivity contribution in [2.24, 2.45) is 0 Å². The maximum absolute atomic E-state index is 12.5. The second kappa shape index (κ2) is 5.29. The first-order valence-corrected chi connectivity index (χ1v) is 8.11. The van der Waals surface area contributed by atoms with Crippen LogP contribution in [0.1, 0.15) is 12.8 Å². The minimum atomic E-state index is -3.61. The van der Waals surface area contributed by atoms with Gasteiger partial charge in [-0.25, -0.2) is 13.4 Å². The van der Waals surface area contributed by atoms with Gasteiger partial charge in [-0.15, -0.1) is 0 Å². The molecule has 3 rings (SSSR count). The highest BCUT2D eigenvalue weighted by atomic mass is 35.5. The van der Waals surface area contributed by atoms with Gasteiger partial charge in [-0.1, -0.05) is 16.1 Å². The quantitative estimate of drug-likeness (QED) is 0.800. The van der Waals surface area contributed by atoms with E-state index in [0.29, 0.717) is 23.8 Å². The van der Waals surface area contributed by atoms with Crippen LogP contribution in [0.2, 0.25) is 5.15 Å². The van der Waals surface area contributed by atoms with Crippen molar-refractivity contribution in [2.45, 2.75) is 17.7 Å². The Morgan fingerprint density at radius 3 is 2.80 bits per heavy atom. The SMILES string of the molecule is O=S(=O)(c1ccc2nc(Cl)ccc2c1)N1CCCCO1. The second-order valence-corrected chi connectivity index (χ2v) is 6.78. The molecule has 2 aromatic rings. The summed E-state index contributed by atoms with van der Waals surface area (Å²) in [7, 11) is -3.61. The Balaban J connectivity index is 2.02. The van der Waals surface area contributed by atoms with Gasteiger partial charge in [0, 0.05) is 11.9 Å². The van der Waals surface area contributed by atoms with Crippen LogP contribution in [0, 0.1) is 0 Å². The smallest absolute Gasteiger partial charge is 0.265 e. The summed E-state index contributed by atoms with van der Waals surface area (Å²) in [6, 6.07) is 8.15. The standard InChI is InChI=1S/C13H13ClN2O3S/c14-13-6-3-10-9-11(4-5-12(10)15-13)20(17,18)16-7-1-2-8-19-16/h3-6,9H,1-2,7-8H2. The van der Waals surface area contributed by atoms with Crippen LogP contribution in [-0.4, -0.2) is 31.0 Å². The van der Waals surface area contributed by atoms with Crippen molar-refractivity contribution in [2.75, 3.05) is 13.2 Å². The highest BCUT2D eigenvalue weighted by molar-refractivity contribution is 7.89. The van der Waals surface area contributed by atoms with Crippen LogP contribution in [-0.2, 0) is 14.9 Å². The lowest BCUT2D eigenvalue weighted by atomic mass is 10.2. The Kier molecular flexibility index (Phi) is 3.64. The molecule has 0 bridgehead atoms. The first-order chi connectivity index (χ1) is 9.57. The van der Waals surface area contributed by atoms with E-state index in [0.717, 1.165) is 22.7 Å². The largest absolute Gasteiger partial charge is 0.284 e. The molecule has 1 fully saturated rings. The molecule has 0 N–H and O–H groups in total. The predicted octanol–water partition coefficient (Wildman–Crippen LogP) is 2.60. The lowest BCUT2D eigenvalue weighted by molar-refractivity contribution is -0.108. The van der Waals surface area contributed by atoms with Gasteiger partial charge in [0.2, 0.25) is 0 Å². The first kappa shape index (κ1) is 13.8. The number of hydrogen-bond donors (Lipinski definition) is 0. The van der Waals surface area contributed by atoms with E-state index in [-0.39, 0.29) is 4.90 Å². The van der Waals surface area contributed by atoms with E-state index in [2.05, 4.69) is 4.98 Å². The molecular weight excluding hydrogens is 300 g/mol. The van der Waals surface area contributed by atoms with Crippen LogP contribution < -0.4 is 0 Å². The summed E-state index contributed by atoms with van der Waals surface area (Å²) in [5, 5.41) is 1.11. The fourth-order valence-corrected chi connectivity index (χ4v) is 3.61. The number of aromatic nitrogens is 1. The van der Waals surface area contributed by atoms with Crippen molar-refractivity contribution < 1.29 is 13.3 Å². The molecule has 2 heterocycles. The Morgan fingerprint density at radius 1 is 1.20 bits per heavy atom. The molecular formula is C13H13ClN2O3S. The third-order valence-corrected chi connectivity index (χ3v) is 5.05. The molecule has 0 atom stereocenters. The molecule has 106 valence electrons. The monoisotopic (exact) mass is 312 g/mol. The molecule has 1 aliphatic rings. The Hall–Kier alpha value is -1.21. The normalized spacial score (nSPS) is 17.4. The van der Waals surface area contributed by atoms with Gasteiger partial charge >= 0.3 is 0 Å². The van der Waals surface area contributed by atoms with Gasteiger partial charge in [0.15, 0.2) is 0 Å². The molecule has 0 radical (unpaired) electrons. The molecule has 0 amide bonds. The third-order valence-electron chi connectivity index (χ3n) is 3.16. The van der Waals surface area contributed by atoms with Gasteiger partial charge in [-0.3, -0.25) is 4.84 Å². The maximum Gasteiger partial charge on any atom is 0.265 e. The van der Waals surface area contributed by atoms with Crippen molar-refractivity contribution in [3.63, 3.8) is 0 Å². The summed E-state index contributed by atoms with van der Waals surface area (Å²) in [5.41, 5.74) is 0.663. The molecule has 1 aromatic heterocycles. The summed E-state index contributed by atoms with van der Waals surface area (Å²) in [6.07, 6.45) is 1.69. The lowest BCUT2D eigenvalue weighted by Crippen LogP contribution is -2.35. The Bertz CT molecular complexity index is 742.